The van der Waals surface area contributed by atoms with E-state index in [2.05, 4.69) is 47.3 Å². The van der Waals surface area contributed by atoms with Crippen LogP contribution >= 0.6 is 11.6 Å². The van der Waals surface area contributed by atoms with Crippen molar-refractivity contribution in [2.75, 3.05) is 5.32 Å². The summed E-state index contributed by atoms with van der Waals surface area (Å²) in [4.78, 5) is 15.7. The highest BCUT2D eigenvalue weighted by Crippen LogP contribution is 2.37. The second kappa shape index (κ2) is 8.56. The van der Waals surface area contributed by atoms with Crippen molar-refractivity contribution in [2.45, 2.75) is 25.9 Å². The summed E-state index contributed by atoms with van der Waals surface area (Å²) in [6, 6.07) is 27.7. The molecule has 5 rings (SSSR count). The Hall–Kier alpha value is -3.50. The van der Waals surface area contributed by atoms with Gasteiger partial charge in [-0.1, -0.05) is 67.1 Å². The SMILES string of the molecule is CCc1ccccc1NC(=O)N1Cc2ccccc2-n2cccc2C1c1ccc(Cl)cc1. The Balaban J connectivity index is 1.63. The zero-order chi connectivity index (χ0) is 22.1. The van der Waals surface area contributed by atoms with Gasteiger partial charge in [0.1, 0.15) is 0 Å². The Kier molecular flexibility index (Phi) is 5.46. The topological polar surface area (TPSA) is 37.3 Å². The van der Waals surface area contributed by atoms with E-state index in [-0.39, 0.29) is 12.1 Å². The number of benzene rings is 3. The molecule has 1 aromatic heterocycles. The van der Waals surface area contributed by atoms with Crippen LogP contribution in [-0.4, -0.2) is 15.5 Å². The lowest BCUT2D eigenvalue weighted by molar-refractivity contribution is 0.194. The highest BCUT2D eigenvalue weighted by atomic mass is 35.5. The van der Waals surface area contributed by atoms with Gasteiger partial charge in [0.25, 0.3) is 0 Å². The summed E-state index contributed by atoms with van der Waals surface area (Å²) < 4.78 is 2.18. The molecule has 3 aromatic carbocycles. The summed E-state index contributed by atoms with van der Waals surface area (Å²) >= 11 is 6.18. The van der Waals surface area contributed by atoms with E-state index in [0.717, 1.165) is 40.2 Å². The number of nitrogens with zero attached hydrogens (tertiary/aromatic N) is 2. The van der Waals surface area contributed by atoms with Crippen molar-refractivity contribution in [3.63, 3.8) is 0 Å². The van der Waals surface area contributed by atoms with Crippen molar-refractivity contribution < 1.29 is 4.79 Å². The molecule has 2 amide bonds. The molecule has 0 bridgehead atoms. The zero-order valence-corrected chi connectivity index (χ0v) is 18.6. The van der Waals surface area contributed by atoms with Gasteiger partial charge in [0, 0.05) is 22.6 Å². The molecule has 2 heterocycles. The van der Waals surface area contributed by atoms with Crippen LogP contribution in [0.3, 0.4) is 0 Å². The first-order chi connectivity index (χ1) is 15.7. The van der Waals surface area contributed by atoms with Crippen molar-refractivity contribution in [2.24, 2.45) is 0 Å². The second-order valence-electron chi connectivity index (χ2n) is 7.95. The number of halogens is 1. The van der Waals surface area contributed by atoms with Crippen molar-refractivity contribution in [1.82, 2.24) is 9.47 Å². The van der Waals surface area contributed by atoms with Crippen LogP contribution in [0.1, 0.15) is 35.3 Å². The van der Waals surface area contributed by atoms with Crippen molar-refractivity contribution in [3.8, 4) is 5.69 Å². The van der Waals surface area contributed by atoms with Gasteiger partial charge in [-0.2, -0.15) is 0 Å². The maximum Gasteiger partial charge on any atom is 0.322 e. The lowest BCUT2D eigenvalue weighted by Crippen LogP contribution is -2.38. The fourth-order valence-corrected chi connectivity index (χ4v) is 4.60. The molecule has 0 saturated heterocycles. The Morgan fingerprint density at radius 2 is 1.72 bits per heavy atom. The van der Waals surface area contributed by atoms with E-state index in [4.69, 9.17) is 11.6 Å². The molecule has 0 aliphatic carbocycles. The predicted molar refractivity (Wildman–Crippen MR) is 129 cm³/mol. The lowest BCUT2D eigenvalue weighted by atomic mass is 10.0. The summed E-state index contributed by atoms with van der Waals surface area (Å²) in [5, 5.41) is 3.85. The van der Waals surface area contributed by atoms with Crippen LogP contribution in [0.5, 0.6) is 0 Å². The number of urea groups is 1. The van der Waals surface area contributed by atoms with Crippen LogP contribution in [0.4, 0.5) is 10.5 Å². The predicted octanol–water partition coefficient (Wildman–Crippen LogP) is 6.83. The van der Waals surface area contributed by atoms with E-state index in [1.165, 1.54) is 0 Å². The van der Waals surface area contributed by atoms with Gasteiger partial charge in [0.05, 0.1) is 18.3 Å². The van der Waals surface area contributed by atoms with E-state index in [1.54, 1.807) is 0 Å². The average Bonchev–Trinajstić information content (AvgIpc) is 3.24. The monoisotopic (exact) mass is 441 g/mol. The van der Waals surface area contributed by atoms with Gasteiger partial charge in [0.15, 0.2) is 0 Å². The summed E-state index contributed by atoms with van der Waals surface area (Å²) in [6.07, 6.45) is 2.91. The van der Waals surface area contributed by atoms with Crippen LogP contribution in [-0.2, 0) is 13.0 Å². The number of hydrogen-bond donors (Lipinski definition) is 1. The number of hydrogen-bond acceptors (Lipinski definition) is 1. The maximum atomic E-state index is 13.8. The molecular weight excluding hydrogens is 418 g/mol. The Morgan fingerprint density at radius 3 is 2.53 bits per heavy atom. The number of aryl methyl sites for hydroxylation is 1. The van der Waals surface area contributed by atoms with Gasteiger partial charge in [0.2, 0.25) is 0 Å². The summed E-state index contributed by atoms with van der Waals surface area (Å²) in [5.41, 5.74) is 6.21. The first-order valence-electron chi connectivity index (χ1n) is 10.8. The molecule has 4 aromatic rings. The maximum absolute atomic E-state index is 13.8. The van der Waals surface area contributed by atoms with Crippen molar-refractivity contribution in [1.29, 1.82) is 0 Å². The van der Waals surface area contributed by atoms with E-state index in [9.17, 15) is 4.79 Å². The van der Waals surface area contributed by atoms with Gasteiger partial charge in [-0.3, -0.25) is 0 Å². The number of para-hydroxylation sites is 2. The van der Waals surface area contributed by atoms with Crippen molar-refractivity contribution in [3.05, 3.63) is 119 Å². The molecule has 0 fully saturated rings. The Morgan fingerprint density at radius 1 is 0.969 bits per heavy atom. The van der Waals surface area contributed by atoms with Gasteiger partial charge < -0.3 is 14.8 Å². The molecule has 160 valence electrons. The van der Waals surface area contributed by atoms with Crippen LogP contribution in [0, 0.1) is 0 Å². The van der Waals surface area contributed by atoms with E-state index < -0.39 is 0 Å². The number of aromatic nitrogens is 1. The number of carbonyl (C=O) groups excluding carboxylic acids is 1. The molecule has 0 spiro atoms. The molecule has 0 saturated carbocycles. The standard InChI is InChI=1S/C27H24ClN3O/c1-2-19-8-3-5-10-23(19)29-27(32)31-18-21-9-4-6-11-24(21)30-17-7-12-25(30)26(31)20-13-15-22(28)16-14-20/h3-17,26H,2,18H2,1H3,(H,29,32). The smallest absolute Gasteiger partial charge is 0.318 e. The fraction of sp³-hybridized carbons (Fsp3) is 0.148. The number of nitrogens with one attached hydrogen (secondary N) is 1. The first kappa shape index (κ1) is 20.4. The highest BCUT2D eigenvalue weighted by molar-refractivity contribution is 6.30. The minimum atomic E-state index is -0.261. The number of fused-ring (bicyclic) bond motifs is 3. The summed E-state index contributed by atoms with van der Waals surface area (Å²) in [6.45, 7) is 2.59. The molecule has 4 nitrogen and oxygen atoms in total. The molecular formula is C27H24ClN3O. The molecule has 1 atom stereocenters. The average molecular weight is 442 g/mol. The minimum absolute atomic E-state index is 0.129. The number of amides is 2. The quantitative estimate of drug-likeness (QED) is 0.371. The third-order valence-corrected chi connectivity index (χ3v) is 6.30. The first-order valence-corrected chi connectivity index (χ1v) is 11.2. The van der Waals surface area contributed by atoms with E-state index >= 15 is 0 Å². The molecule has 1 aliphatic heterocycles. The van der Waals surface area contributed by atoms with Gasteiger partial charge in [-0.05, 0) is 59.5 Å². The molecule has 0 radical (unpaired) electrons. The van der Waals surface area contributed by atoms with E-state index in [0.29, 0.717) is 11.6 Å². The number of rotatable bonds is 3. The van der Waals surface area contributed by atoms with Gasteiger partial charge in [-0.25, -0.2) is 4.79 Å². The van der Waals surface area contributed by atoms with Crippen LogP contribution in [0.15, 0.2) is 91.1 Å². The molecule has 32 heavy (non-hydrogen) atoms. The minimum Gasteiger partial charge on any atom is -0.318 e. The van der Waals surface area contributed by atoms with Crippen molar-refractivity contribution >= 4 is 23.3 Å². The summed E-state index contributed by atoms with van der Waals surface area (Å²) in [5.74, 6) is 0. The van der Waals surface area contributed by atoms with Crippen LogP contribution in [0.25, 0.3) is 5.69 Å². The molecule has 5 heteroatoms. The summed E-state index contributed by atoms with van der Waals surface area (Å²) in [7, 11) is 0. The van der Waals surface area contributed by atoms with E-state index in [1.807, 2.05) is 65.6 Å². The molecule has 1 N–H and O–H groups in total. The lowest BCUT2D eigenvalue weighted by Gasteiger charge is -2.31. The zero-order valence-electron chi connectivity index (χ0n) is 17.8. The van der Waals surface area contributed by atoms with Crippen LogP contribution in [0.2, 0.25) is 5.02 Å². The second-order valence-corrected chi connectivity index (χ2v) is 8.39. The third kappa shape index (κ3) is 3.67. The largest absolute Gasteiger partial charge is 0.322 e. The Bertz CT molecular complexity index is 1260. The van der Waals surface area contributed by atoms with Gasteiger partial charge in [-0.15, -0.1) is 0 Å². The number of carbonyl (C=O) groups is 1. The number of anilines is 1. The third-order valence-electron chi connectivity index (χ3n) is 6.05. The van der Waals surface area contributed by atoms with Crippen LogP contribution < -0.4 is 5.32 Å². The normalized spacial score (nSPS) is 14.9. The Labute approximate surface area is 193 Å². The van der Waals surface area contributed by atoms with Gasteiger partial charge >= 0.3 is 6.03 Å². The molecule has 1 unspecified atom stereocenters. The fourth-order valence-electron chi connectivity index (χ4n) is 4.47. The highest BCUT2D eigenvalue weighted by Gasteiger charge is 2.33. The molecule has 1 aliphatic rings.